The maximum absolute atomic E-state index is 5.26. The molecule has 1 atom stereocenters. The Hall–Kier alpha value is -0.910. The third-order valence-corrected chi connectivity index (χ3v) is 3.42. The smallest absolute Gasteiger partial charge is 0.0317 e. The van der Waals surface area contributed by atoms with E-state index in [1.165, 1.54) is 10.5 Å². The van der Waals surface area contributed by atoms with Gasteiger partial charge in [0.05, 0.1) is 0 Å². The van der Waals surface area contributed by atoms with Crippen molar-refractivity contribution >= 4 is 11.8 Å². The van der Waals surface area contributed by atoms with Crippen molar-refractivity contribution in [3.63, 3.8) is 0 Å². The van der Waals surface area contributed by atoms with Crippen molar-refractivity contribution in [3.05, 3.63) is 29.8 Å². The van der Waals surface area contributed by atoms with Gasteiger partial charge in [0.1, 0.15) is 0 Å². The van der Waals surface area contributed by atoms with E-state index in [1.807, 2.05) is 7.05 Å². The van der Waals surface area contributed by atoms with Crippen molar-refractivity contribution in [2.45, 2.75) is 30.2 Å². The van der Waals surface area contributed by atoms with E-state index in [4.69, 9.17) is 6.42 Å². The van der Waals surface area contributed by atoms with Crippen LogP contribution < -0.4 is 5.32 Å². The highest BCUT2D eigenvalue weighted by Crippen LogP contribution is 2.22. The first-order valence-electron chi connectivity index (χ1n) is 5.56. The molecule has 0 spiro atoms. The van der Waals surface area contributed by atoms with Gasteiger partial charge in [0.15, 0.2) is 0 Å². The van der Waals surface area contributed by atoms with Gasteiger partial charge in [-0.1, -0.05) is 12.1 Å². The quantitative estimate of drug-likeness (QED) is 0.459. The highest BCUT2D eigenvalue weighted by molar-refractivity contribution is 7.98. The lowest BCUT2D eigenvalue weighted by molar-refractivity contribution is 0.532. The molecule has 0 fully saturated rings. The zero-order chi connectivity index (χ0) is 11.8. The fourth-order valence-electron chi connectivity index (χ4n) is 1.72. The molecule has 1 nitrogen and oxygen atoms in total. The molecule has 0 heterocycles. The lowest BCUT2D eigenvalue weighted by atomic mass is 10.0. The summed E-state index contributed by atoms with van der Waals surface area (Å²) in [5.74, 6) is 2.69. The average molecular weight is 233 g/mol. The summed E-state index contributed by atoms with van der Waals surface area (Å²) in [5.41, 5.74) is 1.34. The number of rotatable bonds is 6. The van der Waals surface area contributed by atoms with Crippen molar-refractivity contribution in [2.75, 3.05) is 13.3 Å². The summed E-state index contributed by atoms with van der Waals surface area (Å²) in [4.78, 5) is 1.31. The number of benzene rings is 1. The van der Waals surface area contributed by atoms with Gasteiger partial charge in [-0.2, -0.15) is 0 Å². The average Bonchev–Trinajstić information content (AvgIpc) is 2.35. The van der Waals surface area contributed by atoms with Crippen LogP contribution in [0.25, 0.3) is 0 Å². The topological polar surface area (TPSA) is 12.0 Å². The molecule has 2 heteroatoms. The molecule has 1 rings (SSSR count). The van der Waals surface area contributed by atoms with Crippen LogP contribution >= 0.6 is 11.8 Å². The summed E-state index contributed by atoms with van der Waals surface area (Å²) in [6.45, 7) is 0. The molecule has 0 amide bonds. The van der Waals surface area contributed by atoms with Gasteiger partial charge < -0.3 is 5.32 Å². The monoisotopic (exact) mass is 233 g/mol. The number of hydrogen-bond acceptors (Lipinski definition) is 2. The fraction of sp³-hybridized carbons (Fsp3) is 0.429. The number of terminal acetylenes is 1. The molecule has 1 N–H and O–H groups in total. The maximum atomic E-state index is 5.26. The lowest BCUT2D eigenvalue weighted by Gasteiger charge is -2.16. The molecule has 0 bridgehead atoms. The van der Waals surface area contributed by atoms with Gasteiger partial charge in [0.2, 0.25) is 0 Å². The molecule has 1 unspecified atom stereocenters. The Kier molecular flexibility index (Phi) is 6.07. The van der Waals surface area contributed by atoms with Crippen LogP contribution in [0, 0.1) is 12.3 Å². The van der Waals surface area contributed by atoms with Crippen LogP contribution in [0.15, 0.2) is 29.2 Å². The molecular formula is C14H19NS. The Bertz CT molecular complexity index is 337. The minimum atomic E-state index is 0.421. The Labute approximate surface area is 103 Å². The molecule has 1 aromatic rings. The summed E-state index contributed by atoms with van der Waals surface area (Å²) in [6, 6.07) is 9.16. The molecule has 0 saturated carbocycles. The fourth-order valence-corrected chi connectivity index (χ4v) is 2.13. The second-order valence-electron chi connectivity index (χ2n) is 3.71. The number of thioether (sulfide) groups is 1. The van der Waals surface area contributed by atoms with E-state index in [0.29, 0.717) is 6.04 Å². The summed E-state index contributed by atoms with van der Waals surface area (Å²) in [7, 11) is 2.00. The Morgan fingerprint density at radius 1 is 1.38 bits per heavy atom. The normalized spacial score (nSPS) is 12.1. The van der Waals surface area contributed by atoms with E-state index in [0.717, 1.165) is 19.3 Å². The van der Waals surface area contributed by atoms with E-state index in [9.17, 15) is 0 Å². The number of unbranched alkanes of at least 4 members (excludes halogenated alkanes) is 1. The standard InChI is InChI=1S/C14H19NS/c1-4-5-6-7-14(15-2)12-8-10-13(16-3)11-9-12/h1,8-11,14-15H,5-7H2,2-3H3. The Morgan fingerprint density at radius 3 is 2.56 bits per heavy atom. The van der Waals surface area contributed by atoms with E-state index >= 15 is 0 Å². The predicted molar refractivity (Wildman–Crippen MR) is 72.7 cm³/mol. The third-order valence-electron chi connectivity index (χ3n) is 2.68. The van der Waals surface area contributed by atoms with Crippen LogP contribution in [0.5, 0.6) is 0 Å². The lowest BCUT2D eigenvalue weighted by Crippen LogP contribution is -2.16. The van der Waals surface area contributed by atoms with E-state index < -0.39 is 0 Å². The second kappa shape index (κ2) is 7.38. The van der Waals surface area contributed by atoms with Gasteiger partial charge >= 0.3 is 0 Å². The van der Waals surface area contributed by atoms with Crippen LogP contribution in [0.2, 0.25) is 0 Å². The van der Waals surface area contributed by atoms with Gasteiger partial charge in [0, 0.05) is 17.4 Å². The van der Waals surface area contributed by atoms with Gasteiger partial charge in [-0.3, -0.25) is 0 Å². The van der Waals surface area contributed by atoms with Crippen LogP contribution in [0.1, 0.15) is 30.9 Å². The van der Waals surface area contributed by atoms with E-state index in [-0.39, 0.29) is 0 Å². The first kappa shape index (κ1) is 13.2. The molecule has 0 aromatic heterocycles. The summed E-state index contributed by atoms with van der Waals surface area (Å²) >= 11 is 1.77. The highest BCUT2D eigenvalue weighted by atomic mass is 32.2. The summed E-state index contributed by atoms with van der Waals surface area (Å²) in [6.07, 6.45) is 10.4. The van der Waals surface area contributed by atoms with Crippen LogP contribution in [0.3, 0.4) is 0 Å². The maximum Gasteiger partial charge on any atom is 0.0317 e. The SMILES string of the molecule is C#CCCCC(NC)c1ccc(SC)cc1. The summed E-state index contributed by atoms with van der Waals surface area (Å²) < 4.78 is 0. The molecular weight excluding hydrogens is 214 g/mol. The largest absolute Gasteiger partial charge is 0.313 e. The predicted octanol–water partition coefficient (Wildman–Crippen LogP) is 3.47. The third kappa shape index (κ3) is 3.92. The van der Waals surface area contributed by atoms with Crippen molar-refractivity contribution in [3.8, 4) is 12.3 Å². The minimum absolute atomic E-state index is 0.421. The molecule has 0 aliphatic rings. The highest BCUT2D eigenvalue weighted by Gasteiger charge is 2.07. The van der Waals surface area contributed by atoms with E-state index in [2.05, 4.69) is 41.8 Å². The minimum Gasteiger partial charge on any atom is -0.313 e. The molecule has 0 aliphatic carbocycles. The first-order valence-corrected chi connectivity index (χ1v) is 6.79. The van der Waals surface area contributed by atoms with Gasteiger partial charge in [-0.05, 0) is 43.8 Å². The Morgan fingerprint density at radius 2 is 2.06 bits per heavy atom. The first-order chi connectivity index (χ1) is 7.81. The molecule has 1 aromatic carbocycles. The number of hydrogen-bond donors (Lipinski definition) is 1. The molecule has 0 radical (unpaired) electrons. The van der Waals surface area contributed by atoms with Crippen LogP contribution in [-0.2, 0) is 0 Å². The second-order valence-corrected chi connectivity index (χ2v) is 4.59. The zero-order valence-corrected chi connectivity index (χ0v) is 10.8. The molecule has 16 heavy (non-hydrogen) atoms. The van der Waals surface area contributed by atoms with Gasteiger partial charge in [-0.15, -0.1) is 24.1 Å². The molecule has 0 saturated heterocycles. The van der Waals surface area contributed by atoms with Crippen LogP contribution in [0.4, 0.5) is 0 Å². The van der Waals surface area contributed by atoms with Gasteiger partial charge in [0.25, 0.3) is 0 Å². The van der Waals surface area contributed by atoms with Crippen molar-refractivity contribution < 1.29 is 0 Å². The summed E-state index contributed by atoms with van der Waals surface area (Å²) in [5, 5.41) is 3.34. The Balaban J connectivity index is 2.60. The molecule has 0 aliphatic heterocycles. The van der Waals surface area contributed by atoms with Crippen molar-refractivity contribution in [1.29, 1.82) is 0 Å². The van der Waals surface area contributed by atoms with E-state index in [1.54, 1.807) is 11.8 Å². The van der Waals surface area contributed by atoms with Crippen molar-refractivity contribution in [2.24, 2.45) is 0 Å². The van der Waals surface area contributed by atoms with Crippen molar-refractivity contribution in [1.82, 2.24) is 5.32 Å². The van der Waals surface area contributed by atoms with Gasteiger partial charge in [-0.25, -0.2) is 0 Å². The zero-order valence-electron chi connectivity index (χ0n) is 9.99. The number of nitrogens with one attached hydrogen (secondary N) is 1. The molecule has 86 valence electrons. The van der Waals surface area contributed by atoms with Crippen LogP contribution in [-0.4, -0.2) is 13.3 Å².